The molecule has 2 rings (SSSR count). The van der Waals surface area contributed by atoms with Gasteiger partial charge in [0.15, 0.2) is 10.8 Å². The summed E-state index contributed by atoms with van der Waals surface area (Å²) in [7, 11) is -3.83. The molecule has 8 nitrogen and oxygen atoms in total. The molecule has 0 aromatic carbocycles. The third-order valence-electron chi connectivity index (χ3n) is 3.96. The average Bonchev–Trinajstić information content (AvgIpc) is 2.77. The molecule has 1 aromatic rings. The van der Waals surface area contributed by atoms with E-state index in [1.165, 1.54) is 12.3 Å². The van der Waals surface area contributed by atoms with Gasteiger partial charge >= 0.3 is 0 Å². The second-order valence-electron chi connectivity index (χ2n) is 5.69. The lowest BCUT2D eigenvalue weighted by Gasteiger charge is -2.20. The van der Waals surface area contributed by atoms with Crippen molar-refractivity contribution in [1.82, 2.24) is 14.6 Å². The summed E-state index contributed by atoms with van der Waals surface area (Å²) >= 11 is 0. The van der Waals surface area contributed by atoms with Crippen LogP contribution in [0.15, 0.2) is 29.4 Å². The van der Waals surface area contributed by atoms with E-state index in [9.17, 15) is 18.0 Å². The van der Waals surface area contributed by atoms with Crippen molar-refractivity contribution in [3.8, 4) is 0 Å². The fraction of sp³-hybridized carbons (Fsp3) is 0.533. The van der Waals surface area contributed by atoms with Crippen molar-refractivity contribution < 1.29 is 18.0 Å². The minimum absolute atomic E-state index is 0.0895. The predicted molar refractivity (Wildman–Crippen MR) is 87.4 cm³/mol. The molecule has 1 aliphatic heterocycles. The van der Waals surface area contributed by atoms with E-state index in [0.29, 0.717) is 19.3 Å². The molecule has 0 spiro atoms. The second kappa shape index (κ2) is 7.82. The topological polar surface area (TPSA) is 122 Å². The van der Waals surface area contributed by atoms with E-state index < -0.39 is 28.0 Å². The van der Waals surface area contributed by atoms with Gasteiger partial charge < -0.3 is 11.1 Å². The fourth-order valence-corrected chi connectivity index (χ4v) is 3.83. The number of Topliss-reactive ketones (excluding diaryl/α,β-unsaturated/α-hetero) is 1. The molecule has 2 heterocycles. The second-order valence-corrected chi connectivity index (χ2v) is 7.58. The number of sulfonamides is 1. The Labute approximate surface area is 141 Å². The lowest BCUT2D eigenvalue weighted by molar-refractivity contribution is -0.128. The number of hydrogen-bond donors (Lipinski definition) is 2. The third-order valence-corrected chi connectivity index (χ3v) is 5.72. The normalized spacial score (nSPS) is 21.1. The van der Waals surface area contributed by atoms with Gasteiger partial charge in [-0.1, -0.05) is 13.0 Å². The zero-order valence-corrected chi connectivity index (χ0v) is 14.3. The van der Waals surface area contributed by atoms with Crippen LogP contribution in [0.2, 0.25) is 0 Å². The maximum absolute atomic E-state index is 12.6. The van der Waals surface area contributed by atoms with Crippen LogP contribution in [0.1, 0.15) is 26.2 Å². The van der Waals surface area contributed by atoms with E-state index in [1.54, 1.807) is 19.1 Å². The highest BCUT2D eigenvalue weighted by atomic mass is 32.2. The van der Waals surface area contributed by atoms with Gasteiger partial charge in [-0.15, -0.1) is 0 Å². The maximum Gasteiger partial charge on any atom is 0.260 e. The van der Waals surface area contributed by atoms with Crippen LogP contribution in [-0.4, -0.2) is 54.6 Å². The molecule has 1 fully saturated rings. The zero-order valence-electron chi connectivity index (χ0n) is 13.5. The van der Waals surface area contributed by atoms with E-state index >= 15 is 0 Å². The lowest BCUT2D eigenvalue weighted by Crippen LogP contribution is -2.49. The molecule has 0 bridgehead atoms. The number of carbonyl (C=O) groups excluding carboxylic acids is 2. The molecule has 1 amide bonds. The van der Waals surface area contributed by atoms with Gasteiger partial charge in [0.2, 0.25) is 5.91 Å². The summed E-state index contributed by atoms with van der Waals surface area (Å²) in [5.74, 6) is -0.736. The van der Waals surface area contributed by atoms with E-state index in [4.69, 9.17) is 5.73 Å². The number of nitrogens with two attached hydrogens (primary N) is 1. The van der Waals surface area contributed by atoms with Crippen LogP contribution in [0.5, 0.6) is 0 Å². The van der Waals surface area contributed by atoms with Crippen molar-refractivity contribution in [2.45, 2.75) is 43.3 Å². The van der Waals surface area contributed by atoms with E-state index in [2.05, 4.69) is 10.3 Å². The van der Waals surface area contributed by atoms with Crippen LogP contribution in [0.25, 0.3) is 0 Å². The van der Waals surface area contributed by atoms with Gasteiger partial charge in [0, 0.05) is 12.7 Å². The minimum Gasteiger partial charge on any atom is -0.345 e. The van der Waals surface area contributed by atoms with Crippen LogP contribution >= 0.6 is 0 Å². The fourth-order valence-electron chi connectivity index (χ4n) is 2.45. The first kappa shape index (κ1) is 18.5. The highest BCUT2D eigenvalue weighted by Crippen LogP contribution is 2.17. The summed E-state index contributed by atoms with van der Waals surface area (Å²) in [5.41, 5.74) is 5.65. The molecule has 1 unspecified atom stereocenters. The van der Waals surface area contributed by atoms with Gasteiger partial charge in [0.05, 0.1) is 18.6 Å². The van der Waals surface area contributed by atoms with E-state index in [1.807, 2.05) is 0 Å². The smallest absolute Gasteiger partial charge is 0.260 e. The molecule has 1 saturated heterocycles. The van der Waals surface area contributed by atoms with Crippen molar-refractivity contribution in [3.63, 3.8) is 0 Å². The Morgan fingerprint density at radius 1 is 1.50 bits per heavy atom. The molecule has 1 aliphatic rings. The molecule has 1 aromatic heterocycles. The molecule has 0 saturated carbocycles. The Morgan fingerprint density at radius 2 is 2.25 bits per heavy atom. The Hall–Kier alpha value is -1.84. The number of ketones is 1. The van der Waals surface area contributed by atoms with Crippen molar-refractivity contribution in [1.29, 1.82) is 0 Å². The minimum atomic E-state index is -3.83. The van der Waals surface area contributed by atoms with Crippen LogP contribution in [0.4, 0.5) is 0 Å². The summed E-state index contributed by atoms with van der Waals surface area (Å²) in [6.07, 6.45) is 2.70. The molecular formula is C15H22N4O4S. The van der Waals surface area contributed by atoms with Gasteiger partial charge in [0.1, 0.15) is 0 Å². The van der Waals surface area contributed by atoms with E-state index in [0.717, 1.165) is 4.31 Å². The number of aromatic nitrogens is 1. The van der Waals surface area contributed by atoms with Crippen LogP contribution in [0, 0.1) is 0 Å². The number of carbonyl (C=O) groups is 2. The number of hydrogen-bond acceptors (Lipinski definition) is 6. The van der Waals surface area contributed by atoms with Crippen LogP contribution in [-0.2, 0) is 19.6 Å². The Bertz CT molecular complexity index is 693. The van der Waals surface area contributed by atoms with Crippen molar-refractivity contribution in [2.75, 3.05) is 13.1 Å². The standard InChI is InChI=1S/C15H22N4O4S/c1-2-11(16)15(21)18-12-6-5-9-19(10-13(12)20)24(22,23)14-7-3-4-8-17-14/h3-4,7-8,11-12H,2,5-6,9-10,16H2,1H3,(H,18,21)/t11-,12?/m0/s1. The molecule has 9 heteroatoms. The first-order valence-corrected chi connectivity index (χ1v) is 9.30. The summed E-state index contributed by atoms with van der Waals surface area (Å²) in [6.45, 7) is 1.70. The molecular weight excluding hydrogens is 332 g/mol. The summed E-state index contributed by atoms with van der Waals surface area (Å²) in [4.78, 5) is 28.1. The molecule has 0 radical (unpaired) electrons. The van der Waals surface area contributed by atoms with Gasteiger partial charge in [-0.05, 0) is 31.4 Å². The Morgan fingerprint density at radius 3 is 2.88 bits per heavy atom. The number of pyridine rings is 1. The van der Waals surface area contributed by atoms with Gasteiger partial charge in [-0.2, -0.15) is 4.31 Å². The maximum atomic E-state index is 12.6. The first-order valence-electron chi connectivity index (χ1n) is 7.86. The number of nitrogens with one attached hydrogen (secondary N) is 1. The number of nitrogens with zero attached hydrogens (tertiary/aromatic N) is 2. The average molecular weight is 354 g/mol. The lowest BCUT2D eigenvalue weighted by atomic mass is 10.1. The summed E-state index contributed by atoms with van der Waals surface area (Å²) < 4.78 is 26.3. The largest absolute Gasteiger partial charge is 0.345 e. The molecule has 2 atom stereocenters. The van der Waals surface area contributed by atoms with Crippen LogP contribution in [0.3, 0.4) is 0 Å². The molecule has 0 aliphatic carbocycles. The number of amides is 1. The monoisotopic (exact) mass is 354 g/mol. The highest BCUT2D eigenvalue weighted by Gasteiger charge is 2.33. The quantitative estimate of drug-likeness (QED) is 0.746. The van der Waals surface area contributed by atoms with Gasteiger partial charge in [-0.25, -0.2) is 13.4 Å². The SMILES string of the molecule is CC[C@H](N)C(=O)NC1CCCN(S(=O)(=O)c2ccccn2)CC1=O. The Balaban J connectivity index is 2.11. The third kappa shape index (κ3) is 4.16. The molecule has 132 valence electrons. The van der Waals surface area contributed by atoms with Crippen molar-refractivity contribution in [3.05, 3.63) is 24.4 Å². The highest BCUT2D eigenvalue weighted by molar-refractivity contribution is 7.89. The molecule has 3 N–H and O–H groups in total. The van der Waals surface area contributed by atoms with E-state index in [-0.39, 0.29) is 23.9 Å². The zero-order chi connectivity index (χ0) is 17.7. The van der Waals surface area contributed by atoms with Gasteiger partial charge in [-0.3, -0.25) is 9.59 Å². The Kier molecular flexibility index (Phi) is 6.03. The summed E-state index contributed by atoms with van der Waals surface area (Å²) in [6, 6.07) is 3.21. The van der Waals surface area contributed by atoms with Crippen molar-refractivity contribution in [2.24, 2.45) is 5.73 Å². The molecule has 24 heavy (non-hydrogen) atoms. The van der Waals surface area contributed by atoms with Crippen molar-refractivity contribution >= 4 is 21.7 Å². The van der Waals surface area contributed by atoms with Gasteiger partial charge in [0.25, 0.3) is 10.0 Å². The predicted octanol–water partition coefficient (Wildman–Crippen LogP) is -0.343. The number of rotatable bonds is 5. The van der Waals surface area contributed by atoms with Crippen LogP contribution < -0.4 is 11.1 Å². The summed E-state index contributed by atoms with van der Waals surface area (Å²) in [5, 5.41) is 2.53. The first-order chi connectivity index (χ1) is 11.4.